The minimum Gasteiger partial charge on any atom is -0.481 e. The van der Waals surface area contributed by atoms with Gasteiger partial charge in [0.05, 0.1) is 36.3 Å². The second-order valence-corrected chi connectivity index (χ2v) is 8.50. The maximum Gasteiger partial charge on any atom is 0.416 e. The zero-order valence-corrected chi connectivity index (χ0v) is 19.3. The number of rotatable bonds is 5. The van der Waals surface area contributed by atoms with E-state index in [1.165, 1.54) is 0 Å². The number of aliphatic carboxylic acids is 1. The zero-order chi connectivity index (χ0) is 28.6. The molecule has 1 heterocycles. The van der Waals surface area contributed by atoms with E-state index in [0.717, 1.165) is 13.2 Å². The number of ether oxygens (including phenoxy) is 1. The van der Waals surface area contributed by atoms with Crippen molar-refractivity contribution in [2.45, 2.75) is 50.0 Å². The van der Waals surface area contributed by atoms with Gasteiger partial charge in [-0.15, -0.1) is 0 Å². The SMILES string of the molecule is COC(=O)N(Cc1cc(C(F)(F)F)cc(C(F)(F)F)c1)[C@@H]1C[C@H](CC(=O)O)Nc2ccc(C(F)(F)F)cc21. The van der Waals surface area contributed by atoms with Crippen molar-refractivity contribution in [1.29, 1.82) is 0 Å². The molecular formula is C23H19F9N2O4. The molecule has 0 spiro atoms. The first-order valence-electron chi connectivity index (χ1n) is 10.7. The largest absolute Gasteiger partial charge is 0.481 e. The van der Waals surface area contributed by atoms with Crippen LogP contribution in [0.15, 0.2) is 36.4 Å². The predicted molar refractivity (Wildman–Crippen MR) is 113 cm³/mol. The number of benzene rings is 2. The summed E-state index contributed by atoms with van der Waals surface area (Å²) in [7, 11) is 0.867. The van der Waals surface area contributed by atoms with Crippen LogP contribution in [-0.2, 0) is 34.6 Å². The maximum atomic E-state index is 13.4. The van der Waals surface area contributed by atoms with E-state index >= 15 is 0 Å². The Morgan fingerprint density at radius 2 is 1.47 bits per heavy atom. The van der Waals surface area contributed by atoms with Crippen molar-refractivity contribution in [3.8, 4) is 0 Å². The van der Waals surface area contributed by atoms with Gasteiger partial charge in [-0.2, -0.15) is 39.5 Å². The Morgan fingerprint density at radius 3 is 1.95 bits per heavy atom. The fourth-order valence-electron chi connectivity index (χ4n) is 4.19. The summed E-state index contributed by atoms with van der Waals surface area (Å²) < 4.78 is 125. The van der Waals surface area contributed by atoms with Gasteiger partial charge in [-0.05, 0) is 53.9 Å². The van der Waals surface area contributed by atoms with Crippen LogP contribution in [0.2, 0.25) is 0 Å². The Kier molecular flexibility index (Phi) is 7.80. The summed E-state index contributed by atoms with van der Waals surface area (Å²) in [5.41, 5.74) is -5.23. The summed E-state index contributed by atoms with van der Waals surface area (Å²) in [6.07, 6.45) is -17.3. The van der Waals surface area contributed by atoms with E-state index in [-0.39, 0.29) is 23.7 Å². The van der Waals surface area contributed by atoms with E-state index in [9.17, 15) is 54.2 Å². The molecule has 15 heteroatoms. The number of anilines is 1. The highest BCUT2D eigenvalue weighted by Gasteiger charge is 2.40. The number of methoxy groups -OCH3 is 1. The van der Waals surface area contributed by atoms with Crippen LogP contribution in [-0.4, -0.2) is 35.2 Å². The molecule has 1 amide bonds. The van der Waals surface area contributed by atoms with Crippen LogP contribution < -0.4 is 5.32 Å². The van der Waals surface area contributed by atoms with Crippen molar-refractivity contribution in [1.82, 2.24) is 4.90 Å². The molecule has 0 unspecified atom stereocenters. The van der Waals surface area contributed by atoms with Gasteiger partial charge in [0.15, 0.2) is 0 Å². The minimum absolute atomic E-state index is 0.00873. The Labute approximate surface area is 209 Å². The van der Waals surface area contributed by atoms with E-state index in [4.69, 9.17) is 0 Å². The summed E-state index contributed by atoms with van der Waals surface area (Å²) >= 11 is 0. The average Bonchev–Trinajstić information content (AvgIpc) is 2.79. The molecule has 38 heavy (non-hydrogen) atoms. The normalized spacial score (nSPS) is 17.8. The second kappa shape index (κ2) is 10.3. The summed E-state index contributed by atoms with van der Waals surface area (Å²) in [5, 5.41) is 11.9. The third-order valence-corrected chi connectivity index (χ3v) is 5.81. The van der Waals surface area contributed by atoms with Crippen molar-refractivity contribution in [3.63, 3.8) is 0 Å². The number of hydrogen-bond acceptors (Lipinski definition) is 4. The molecular weight excluding hydrogens is 539 g/mol. The van der Waals surface area contributed by atoms with Crippen LogP contribution >= 0.6 is 0 Å². The number of hydrogen-bond donors (Lipinski definition) is 2. The molecule has 2 N–H and O–H groups in total. The molecule has 0 aliphatic carbocycles. The van der Waals surface area contributed by atoms with Gasteiger partial charge in [-0.25, -0.2) is 4.79 Å². The molecule has 6 nitrogen and oxygen atoms in total. The minimum atomic E-state index is -5.18. The number of amides is 1. The molecule has 0 radical (unpaired) electrons. The summed E-state index contributed by atoms with van der Waals surface area (Å²) in [5.74, 6) is -1.30. The summed E-state index contributed by atoms with van der Waals surface area (Å²) in [4.78, 5) is 24.6. The van der Waals surface area contributed by atoms with E-state index < -0.39 is 77.9 Å². The van der Waals surface area contributed by atoms with Crippen molar-refractivity contribution >= 4 is 17.7 Å². The first-order valence-corrected chi connectivity index (χ1v) is 10.7. The average molecular weight is 558 g/mol. The van der Waals surface area contributed by atoms with Gasteiger partial charge in [0, 0.05) is 18.3 Å². The van der Waals surface area contributed by atoms with E-state index in [1.807, 2.05) is 0 Å². The molecule has 1 aliphatic heterocycles. The Balaban J connectivity index is 2.15. The van der Waals surface area contributed by atoms with Crippen LogP contribution in [0.1, 0.15) is 46.7 Å². The zero-order valence-electron chi connectivity index (χ0n) is 19.3. The summed E-state index contributed by atoms with van der Waals surface area (Å²) in [6, 6.07) is 0.701. The van der Waals surface area contributed by atoms with Crippen molar-refractivity contribution in [3.05, 3.63) is 64.2 Å². The molecule has 3 rings (SSSR count). The predicted octanol–water partition coefficient (Wildman–Crippen LogP) is 6.71. The Bertz CT molecular complexity index is 1180. The van der Waals surface area contributed by atoms with Crippen LogP contribution in [0.25, 0.3) is 0 Å². The number of carbonyl (C=O) groups is 2. The molecule has 2 aromatic rings. The Morgan fingerprint density at radius 1 is 0.921 bits per heavy atom. The monoisotopic (exact) mass is 558 g/mol. The van der Waals surface area contributed by atoms with Crippen molar-refractivity contribution in [2.75, 3.05) is 12.4 Å². The fourth-order valence-corrected chi connectivity index (χ4v) is 4.19. The van der Waals surface area contributed by atoms with Gasteiger partial charge in [-0.1, -0.05) is 0 Å². The molecule has 0 bridgehead atoms. The number of carboxylic acid groups (broad SMARTS) is 1. The number of nitrogens with zero attached hydrogens (tertiary/aromatic N) is 1. The van der Waals surface area contributed by atoms with Gasteiger partial charge < -0.3 is 15.2 Å². The topological polar surface area (TPSA) is 78.9 Å². The molecule has 1 aliphatic rings. The number of carbonyl (C=O) groups excluding carboxylic acids is 1. The number of nitrogens with one attached hydrogen (secondary N) is 1. The van der Waals surface area contributed by atoms with Crippen LogP contribution in [0, 0.1) is 0 Å². The van der Waals surface area contributed by atoms with Crippen molar-refractivity contribution < 1.29 is 58.9 Å². The van der Waals surface area contributed by atoms with E-state index in [1.54, 1.807) is 0 Å². The van der Waals surface area contributed by atoms with Gasteiger partial charge in [-0.3, -0.25) is 9.69 Å². The quantitative estimate of drug-likeness (QED) is 0.399. The molecule has 0 aromatic heterocycles. The number of carboxylic acids is 1. The first-order chi connectivity index (χ1) is 17.4. The molecule has 0 fully saturated rings. The van der Waals surface area contributed by atoms with Crippen LogP contribution in [0.4, 0.5) is 50.0 Å². The first kappa shape index (κ1) is 28.9. The van der Waals surface area contributed by atoms with E-state index in [0.29, 0.717) is 29.2 Å². The second-order valence-electron chi connectivity index (χ2n) is 8.50. The Hall–Kier alpha value is -3.65. The lowest BCUT2D eigenvalue weighted by Gasteiger charge is -2.39. The van der Waals surface area contributed by atoms with Crippen LogP contribution in [0.3, 0.4) is 0 Å². The smallest absolute Gasteiger partial charge is 0.416 e. The lowest BCUT2D eigenvalue weighted by atomic mass is 9.88. The van der Waals surface area contributed by atoms with Gasteiger partial charge in [0.1, 0.15) is 0 Å². The third-order valence-electron chi connectivity index (χ3n) is 5.81. The fraction of sp³-hybridized carbons (Fsp3) is 0.391. The molecule has 208 valence electrons. The summed E-state index contributed by atoms with van der Waals surface area (Å²) in [6.45, 7) is -0.917. The van der Waals surface area contributed by atoms with Gasteiger partial charge in [0.25, 0.3) is 0 Å². The lowest BCUT2D eigenvalue weighted by Crippen LogP contribution is -2.41. The lowest BCUT2D eigenvalue weighted by molar-refractivity contribution is -0.143. The number of fused-ring (bicyclic) bond motifs is 1. The highest BCUT2D eigenvalue weighted by atomic mass is 19.4. The highest BCUT2D eigenvalue weighted by molar-refractivity contribution is 5.72. The molecule has 0 saturated carbocycles. The number of alkyl halides is 9. The standard InChI is InChI=1S/C23H19F9N2O4/c1-38-20(37)34(10-11-4-13(22(27,28)29)6-14(5-11)23(30,31)32)18-8-15(9-19(35)36)33-17-3-2-12(7-16(17)18)21(24,25)26/h2-7,15,18,33H,8-10H2,1H3,(H,35,36)/t15-,18-/m1/s1. The van der Waals surface area contributed by atoms with Crippen LogP contribution in [0.5, 0.6) is 0 Å². The third kappa shape index (κ3) is 6.61. The maximum absolute atomic E-state index is 13.4. The van der Waals surface area contributed by atoms with Gasteiger partial charge >= 0.3 is 30.6 Å². The molecule has 2 atom stereocenters. The van der Waals surface area contributed by atoms with Gasteiger partial charge in [0.2, 0.25) is 0 Å². The van der Waals surface area contributed by atoms with Crippen molar-refractivity contribution in [2.24, 2.45) is 0 Å². The molecule has 0 saturated heterocycles. The number of halogens is 9. The van der Waals surface area contributed by atoms with E-state index in [2.05, 4.69) is 10.1 Å². The highest BCUT2D eigenvalue weighted by Crippen LogP contribution is 2.43. The molecule has 2 aromatic carbocycles.